The SMILES string of the molecule is COC(c1ccc(Oc2ccc(F)cc2)cc1Cl)C(O)Cn1cncn1. The summed E-state index contributed by atoms with van der Waals surface area (Å²) in [5.74, 6) is 0.644. The monoisotopic (exact) mass is 377 g/mol. The van der Waals surface area contributed by atoms with Crippen LogP contribution in [0, 0.1) is 5.82 Å². The average Bonchev–Trinajstić information content (AvgIpc) is 3.12. The maximum Gasteiger partial charge on any atom is 0.137 e. The quantitative estimate of drug-likeness (QED) is 0.681. The highest BCUT2D eigenvalue weighted by Gasteiger charge is 2.24. The van der Waals surface area contributed by atoms with E-state index in [-0.39, 0.29) is 12.4 Å². The first-order valence-electron chi connectivity index (χ1n) is 7.83. The van der Waals surface area contributed by atoms with E-state index in [2.05, 4.69) is 10.1 Å². The van der Waals surface area contributed by atoms with Gasteiger partial charge in [-0.15, -0.1) is 0 Å². The Morgan fingerprint density at radius 1 is 1.19 bits per heavy atom. The zero-order valence-electron chi connectivity index (χ0n) is 13.9. The molecule has 0 aliphatic rings. The Morgan fingerprint density at radius 2 is 1.92 bits per heavy atom. The van der Waals surface area contributed by atoms with Crippen molar-refractivity contribution in [3.8, 4) is 11.5 Å². The number of nitrogens with zero attached hydrogens (tertiary/aromatic N) is 3. The Morgan fingerprint density at radius 3 is 2.54 bits per heavy atom. The van der Waals surface area contributed by atoms with Gasteiger partial charge < -0.3 is 14.6 Å². The van der Waals surface area contributed by atoms with E-state index in [0.717, 1.165) is 0 Å². The highest BCUT2D eigenvalue weighted by molar-refractivity contribution is 6.31. The minimum absolute atomic E-state index is 0.211. The van der Waals surface area contributed by atoms with E-state index in [1.807, 2.05) is 0 Å². The number of benzene rings is 2. The first-order valence-corrected chi connectivity index (χ1v) is 8.21. The zero-order valence-corrected chi connectivity index (χ0v) is 14.7. The summed E-state index contributed by atoms with van der Waals surface area (Å²) in [7, 11) is 1.49. The van der Waals surface area contributed by atoms with Crippen molar-refractivity contribution >= 4 is 11.6 Å². The lowest BCUT2D eigenvalue weighted by Gasteiger charge is -2.23. The van der Waals surface area contributed by atoms with Crippen LogP contribution < -0.4 is 4.74 Å². The number of halogens is 2. The van der Waals surface area contributed by atoms with Gasteiger partial charge in [-0.05, 0) is 36.4 Å². The molecular weight excluding hydrogens is 361 g/mol. The standard InChI is InChI=1S/C18H17ClFN3O3/c1-25-18(17(24)9-23-11-21-10-22-23)15-7-6-14(8-16(15)19)26-13-4-2-12(20)3-5-13/h2-8,10-11,17-18,24H,9H2,1H3. The average molecular weight is 378 g/mol. The number of methoxy groups -OCH3 is 1. The molecule has 0 aliphatic heterocycles. The van der Waals surface area contributed by atoms with Gasteiger partial charge in [0.1, 0.15) is 42.2 Å². The third kappa shape index (κ3) is 4.37. The Hall–Kier alpha value is -2.48. The minimum Gasteiger partial charge on any atom is -0.457 e. The number of aromatic nitrogens is 3. The lowest BCUT2D eigenvalue weighted by molar-refractivity contribution is -0.0229. The van der Waals surface area contributed by atoms with E-state index in [1.54, 1.807) is 18.2 Å². The Balaban J connectivity index is 1.75. The highest BCUT2D eigenvalue weighted by Crippen LogP contribution is 2.33. The third-order valence-corrected chi connectivity index (χ3v) is 4.10. The van der Waals surface area contributed by atoms with Crippen LogP contribution in [-0.2, 0) is 11.3 Å². The molecular formula is C18H17ClFN3O3. The molecule has 8 heteroatoms. The molecule has 2 atom stereocenters. The summed E-state index contributed by atoms with van der Waals surface area (Å²) in [6.45, 7) is 0.211. The van der Waals surface area contributed by atoms with Gasteiger partial charge in [-0.1, -0.05) is 17.7 Å². The molecule has 136 valence electrons. The molecule has 0 saturated heterocycles. The molecule has 1 aromatic heterocycles. The van der Waals surface area contributed by atoms with Crippen molar-refractivity contribution < 1.29 is 19.0 Å². The molecule has 0 bridgehead atoms. The minimum atomic E-state index is -0.872. The van der Waals surface area contributed by atoms with E-state index in [4.69, 9.17) is 21.1 Å². The van der Waals surface area contributed by atoms with Crippen molar-refractivity contribution in [2.75, 3.05) is 7.11 Å². The normalized spacial score (nSPS) is 13.4. The van der Waals surface area contributed by atoms with E-state index in [0.29, 0.717) is 22.1 Å². The number of hydrogen-bond donors (Lipinski definition) is 1. The summed E-state index contributed by atoms with van der Waals surface area (Å²) >= 11 is 6.35. The molecule has 0 saturated carbocycles. The van der Waals surface area contributed by atoms with Crippen LogP contribution in [0.25, 0.3) is 0 Å². The number of aliphatic hydroxyl groups is 1. The maximum absolute atomic E-state index is 13.0. The van der Waals surface area contributed by atoms with Crippen LogP contribution in [0.5, 0.6) is 11.5 Å². The third-order valence-electron chi connectivity index (χ3n) is 3.77. The summed E-state index contributed by atoms with van der Waals surface area (Å²) in [5, 5.41) is 14.8. The van der Waals surface area contributed by atoms with Crippen LogP contribution >= 0.6 is 11.6 Å². The Bertz CT molecular complexity index is 843. The molecule has 0 aliphatic carbocycles. The summed E-state index contributed by atoms with van der Waals surface area (Å²) in [6.07, 6.45) is 1.38. The molecule has 0 radical (unpaired) electrons. The van der Waals surface area contributed by atoms with Crippen molar-refractivity contribution in [3.63, 3.8) is 0 Å². The van der Waals surface area contributed by atoms with Gasteiger partial charge in [-0.25, -0.2) is 9.37 Å². The summed E-state index contributed by atoms with van der Waals surface area (Å²) < 4.78 is 25.5. The molecule has 3 aromatic rings. The Labute approximate surface area is 154 Å². The number of hydrogen-bond acceptors (Lipinski definition) is 5. The van der Waals surface area contributed by atoms with Gasteiger partial charge >= 0.3 is 0 Å². The summed E-state index contributed by atoms with van der Waals surface area (Å²) in [6, 6.07) is 10.7. The largest absolute Gasteiger partial charge is 0.457 e. The van der Waals surface area contributed by atoms with Crippen LogP contribution in [0.4, 0.5) is 4.39 Å². The second-order valence-electron chi connectivity index (χ2n) is 5.58. The molecule has 3 rings (SSSR count). The van der Waals surface area contributed by atoms with Crippen LogP contribution in [0.15, 0.2) is 55.1 Å². The fourth-order valence-electron chi connectivity index (χ4n) is 2.55. The fourth-order valence-corrected chi connectivity index (χ4v) is 2.82. The lowest BCUT2D eigenvalue weighted by Crippen LogP contribution is -2.26. The van der Waals surface area contributed by atoms with Gasteiger partial charge in [0, 0.05) is 12.7 Å². The second-order valence-corrected chi connectivity index (χ2v) is 5.99. The van der Waals surface area contributed by atoms with Crippen LogP contribution in [0.1, 0.15) is 11.7 Å². The molecule has 2 unspecified atom stereocenters. The predicted octanol–water partition coefficient (Wildman–Crippen LogP) is 3.61. The molecule has 0 amide bonds. The van der Waals surface area contributed by atoms with E-state index < -0.39 is 12.2 Å². The van der Waals surface area contributed by atoms with Gasteiger partial charge in [0.15, 0.2) is 0 Å². The molecule has 6 nitrogen and oxygen atoms in total. The van der Waals surface area contributed by atoms with Crippen LogP contribution in [0.3, 0.4) is 0 Å². The van der Waals surface area contributed by atoms with Gasteiger partial charge in [0.25, 0.3) is 0 Å². The topological polar surface area (TPSA) is 69.4 Å². The number of ether oxygens (including phenoxy) is 2. The van der Waals surface area contributed by atoms with E-state index >= 15 is 0 Å². The summed E-state index contributed by atoms with van der Waals surface area (Å²) in [5.41, 5.74) is 0.619. The molecule has 26 heavy (non-hydrogen) atoms. The molecule has 0 spiro atoms. The van der Waals surface area contributed by atoms with Gasteiger partial charge in [0.2, 0.25) is 0 Å². The molecule has 2 aromatic carbocycles. The van der Waals surface area contributed by atoms with Crippen LogP contribution in [0.2, 0.25) is 5.02 Å². The number of aliphatic hydroxyl groups excluding tert-OH is 1. The smallest absolute Gasteiger partial charge is 0.137 e. The van der Waals surface area contributed by atoms with Gasteiger partial charge in [-0.2, -0.15) is 5.10 Å². The van der Waals surface area contributed by atoms with Gasteiger partial charge in [-0.3, -0.25) is 4.68 Å². The van der Waals surface area contributed by atoms with Crippen LogP contribution in [-0.4, -0.2) is 33.1 Å². The zero-order chi connectivity index (χ0) is 18.5. The second kappa shape index (κ2) is 8.27. The fraction of sp³-hybridized carbons (Fsp3) is 0.222. The molecule has 0 fully saturated rings. The summed E-state index contributed by atoms with van der Waals surface area (Å²) in [4.78, 5) is 3.84. The van der Waals surface area contributed by atoms with Crippen molar-refractivity contribution in [2.24, 2.45) is 0 Å². The van der Waals surface area contributed by atoms with Crippen molar-refractivity contribution in [1.82, 2.24) is 14.8 Å². The molecule has 1 heterocycles. The highest BCUT2D eigenvalue weighted by atomic mass is 35.5. The number of rotatable bonds is 7. The first-order chi connectivity index (χ1) is 12.6. The molecule has 1 N–H and O–H groups in total. The predicted molar refractivity (Wildman–Crippen MR) is 93.7 cm³/mol. The van der Waals surface area contributed by atoms with Crippen molar-refractivity contribution in [1.29, 1.82) is 0 Å². The Kier molecular flexibility index (Phi) is 5.82. The van der Waals surface area contributed by atoms with Crippen molar-refractivity contribution in [2.45, 2.75) is 18.8 Å². The van der Waals surface area contributed by atoms with Crippen molar-refractivity contribution in [3.05, 3.63) is 71.5 Å². The van der Waals surface area contributed by atoms with Gasteiger partial charge in [0.05, 0.1) is 11.6 Å². The lowest BCUT2D eigenvalue weighted by atomic mass is 10.0. The maximum atomic E-state index is 13.0. The first kappa shape index (κ1) is 18.3. The van der Waals surface area contributed by atoms with E-state index in [1.165, 1.54) is 48.7 Å². The van der Waals surface area contributed by atoms with E-state index in [9.17, 15) is 9.50 Å².